The minimum absolute atomic E-state index is 0.0433. The van der Waals surface area contributed by atoms with E-state index in [1.165, 1.54) is 11.8 Å². The minimum atomic E-state index is -0.0433. The predicted octanol–water partition coefficient (Wildman–Crippen LogP) is 4.96. The Balaban J connectivity index is 2.00. The first-order chi connectivity index (χ1) is 13.5. The first kappa shape index (κ1) is 20.0. The average molecular weight is 397 g/mol. The first-order valence-electron chi connectivity index (χ1n) is 9.09. The second-order valence-electron chi connectivity index (χ2n) is 6.73. The van der Waals surface area contributed by atoms with E-state index in [1.807, 2.05) is 54.6 Å². The number of nitrogens with zero attached hydrogens (tertiary/aromatic N) is 2. The van der Waals surface area contributed by atoms with E-state index >= 15 is 0 Å². The SMILES string of the molecule is COc1cccc(C=C2SC(=Nc3ccccc3)N(CC(C)C)C2=O)c1OC. The minimum Gasteiger partial charge on any atom is -0.493 e. The molecular weight excluding hydrogens is 372 g/mol. The number of thioether (sulfide) groups is 1. The number of amidine groups is 1. The van der Waals surface area contributed by atoms with Gasteiger partial charge in [0.25, 0.3) is 5.91 Å². The van der Waals surface area contributed by atoms with Crippen LogP contribution < -0.4 is 9.47 Å². The number of benzene rings is 2. The average Bonchev–Trinajstić information content (AvgIpc) is 2.97. The molecule has 0 bridgehead atoms. The molecule has 28 heavy (non-hydrogen) atoms. The lowest BCUT2D eigenvalue weighted by Gasteiger charge is -2.17. The normalized spacial score (nSPS) is 17.0. The molecule has 1 aliphatic heterocycles. The van der Waals surface area contributed by atoms with Crippen LogP contribution in [0.1, 0.15) is 19.4 Å². The summed E-state index contributed by atoms with van der Waals surface area (Å²) in [6.07, 6.45) is 1.84. The molecular formula is C22H24N2O3S. The van der Waals surface area contributed by atoms with E-state index in [4.69, 9.17) is 14.5 Å². The highest BCUT2D eigenvalue weighted by atomic mass is 32.2. The Kier molecular flexibility index (Phi) is 6.41. The summed E-state index contributed by atoms with van der Waals surface area (Å²) in [5, 5.41) is 0.693. The number of hydrogen-bond donors (Lipinski definition) is 0. The third kappa shape index (κ3) is 4.39. The van der Waals surface area contributed by atoms with E-state index in [0.717, 1.165) is 11.3 Å². The number of carbonyl (C=O) groups is 1. The number of ether oxygens (including phenoxy) is 2. The number of hydrogen-bond acceptors (Lipinski definition) is 5. The van der Waals surface area contributed by atoms with Gasteiger partial charge in [-0.15, -0.1) is 0 Å². The predicted molar refractivity (Wildman–Crippen MR) is 115 cm³/mol. The van der Waals surface area contributed by atoms with Crippen LogP contribution >= 0.6 is 11.8 Å². The van der Waals surface area contributed by atoms with Crippen LogP contribution in [0.25, 0.3) is 6.08 Å². The first-order valence-corrected chi connectivity index (χ1v) is 9.91. The van der Waals surface area contributed by atoms with Gasteiger partial charge in [-0.1, -0.05) is 44.2 Å². The zero-order valence-corrected chi connectivity index (χ0v) is 17.3. The molecule has 0 N–H and O–H groups in total. The van der Waals surface area contributed by atoms with E-state index in [0.29, 0.717) is 34.0 Å². The molecule has 6 heteroatoms. The molecule has 2 aromatic rings. The van der Waals surface area contributed by atoms with Crippen LogP contribution in [-0.4, -0.2) is 36.7 Å². The van der Waals surface area contributed by atoms with Crippen molar-refractivity contribution in [3.63, 3.8) is 0 Å². The zero-order chi connectivity index (χ0) is 20.1. The Morgan fingerprint density at radius 3 is 2.46 bits per heavy atom. The van der Waals surface area contributed by atoms with E-state index in [2.05, 4.69) is 13.8 Å². The van der Waals surface area contributed by atoms with Gasteiger partial charge < -0.3 is 9.47 Å². The molecule has 0 saturated carbocycles. The van der Waals surface area contributed by atoms with E-state index in [-0.39, 0.29) is 5.91 Å². The van der Waals surface area contributed by atoms with Gasteiger partial charge in [-0.3, -0.25) is 9.69 Å². The largest absolute Gasteiger partial charge is 0.493 e. The molecule has 0 spiro atoms. The quantitative estimate of drug-likeness (QED) is 0.647. The molecule has 146 valence electrons. The smallest absolute Gasteiger partial charge is 0.266 e. The highest BCUT2D eigenvalue weighted by Crippen LogP contribution is 2.38. The Labute approximate surface area is 170 Å². The van der Waals surface area contributed by atoms with Gasteiger partial charge in [0.15, 0.2) is 16.7 Å². The van der Waals surface area contributed by atoms with Crippen molar-refractivity contribution in [1.29, 1.82) is 0 Å². The van der Waals surface area contributed by atoms with Crippen LogP contribution in [-0.2, 0) is 4.79 Å². The molecule has 1 fully saturated rings. The molecule has 1 heterocycles. The topological polar surface area (TPSA) is 51.1 Å². The van der Waals surface area contributed by atoms with Gasteiger partial charge in [-0.2, -0.15) is 0 Å². The van der Waals surface area contributed by atoms with Crippen LogP contribution in [0.4, 0.5) is 5.69 Å². The molecule has 1 amide bonds. The number of methoxy groups -OCH3 is 2. The van der Waals surface area contributed by atoms with Crippen molar-refractivity contribution < 1.29 is 14.3 Å². The van der Waals surface area contributed by atoms with Gasteiger partial charge in [-0.05, 0) is 42.0 Å². The lowest BCUT2D eigenvalue weighted by Crippen LogP contribution is -2.32. The van der Waals surface area contributed by atoms with Gasteiger partial charge >= 0.3 is 0 Å². The van der Waals surface area contributed by atoms with Gasteiger partial charge in [-0.25, -0.2) is 4.99 Å². The van der Waals surface area contributed by atoms with E-state index in [9.17, 15) is 4.79 Å². The molecule has 1 saturated heterocycles. The summed E-state index contributed by atoms with van der Waals surface area (Å²) < 4.78 is 10.9. The Morgan fingerprint density at radius 2 is 1.82 bits per heavy atom. The maximum atomic E-state index is 13.1. The van der Waals surface area contributed by atoms with Crippen LogP contribution in [0.15, 0.2) is 58.4 Å². The van der Waals surface area contributed by atoms with Crippen LogP contribution in [0.5, 0.6) is 11.5 Å². The lowest BCUT2D eigenvalue weighted by molar-refractivity contribution is -0.122. The maximum absolute atomic E-state index is 13.1. The summed E-state index contributed by atoms with van der Waals surface area (Å²) >= 11 is 1.38. The summed E-state index contributed by atoms with van der Waals surface area (Å²) in [4.78, 5) is 20.1. The Bertz CT molecular complexity index is 907. The van der Waals surface area contributed by atoms with Gasteiger partial charge in [0.05, 0.1) is 24.8 Å². The van der Waals surface area contributed by atoms with Crippen LogP contribution in [0.3, 0.4) is 0 Å². The summed E-state index contributed by atoms with van der Waals surface area (Å²) in [5.41, 5.74) is 1.62. The molecule has 0 atom stereocenters. The lowest BCUT2D eigenvalue weighted by atomic mass is 10.1. The van der Waals surface area contributed by atoms with Crippen LogP contribution in [0.2, 0.25) is 0 Å². The van der Waals surface area contributed by atoms with Crippen molar-refractivity contribution in [2.24, 2.45) is 10.9 Å². The fourth-order valence-corrected chi connectivity index (χ4v) is 3.90. The van der Waals surface area contributed by atoms with Crippen molar-refractivity contribution in [2.45, 2.75) is 13.8 Å². The van der Waals surface area contributed by atoms with Crippen molar-refractivity contribution in [2.75, 3.05) is 20.8 Å². The highest BCUT2D eigenvalue weighted by Gasteiger charge is 2.34. The van der Waals surface area contributed by atoms with Gasteiger partial charge in [0.2, 0.25) is 0 Å². The van der Waals surface area contributed by atoms with Crippen molar-refractivity contribution in [3.05, 3.63) is 59.0 Å². The summed E-state index contributed by atoms with van der Waals surface area (Å²) in [6.45, 7) is 4.79. The summed E-state index contributed by atoms with van der Waals surface area (Å²) in [5.74, 6) is 1.52. The molecule has 0 aliphatic carbocycles. The number of amides is 1. The second-order valence-corrected chi connectivity index (χ2v) is 7.74. The third-order valence-electron chi connectivity index (χ3n) is 4.14. The van der Waals surface area contributed by atoms with Gasteiger partial charge in [0, 0.05) is 12.1 Å². The van der Waals surface area contributed by atoms with Gasteiger partial charge in [0.1, 0.15) is 0 Å². The fourth-order valence-electron chi connectivity index (χ4n) is 2.90. The van der Waals surface area contributed by atoms with Crippen molar-refractivity contribution in [3.8, 4) is 11.5 Å². The Morgan fingerprint density at radius 1 is 1.07 bits per heavy atom. The van der Waals surface area contributed by atoms with E-state index in [1.54, 1.807) is 19.1 Å². The van der Waals surface area contributed by atoms with Crippen molar-refractivity contribution in [1.82, 2.24) is 4.90 Å². The van der Waals surface area contributed by atoms with E-state index < -0.39 is 0 Å². The Hall–Kier alpha value is -2.73. The number of rotatable bonds is 6. The molecule has 3 rings (SSSR count). The molecule has 0 aromatic heterocycles. The number of carbonyl (C=O) groups excluding carboxylic acids is 1. The maximum Gasteiger partial charge on any atom is 0.266 e. The molecule has 1 aliphatic rings. The highest BCUT2D eigenvalue weighted by molar-refractivity contribution is 8.18. The number of para-hydroxylation sites is 2. The second kappa shape index (κ2) is 8.97. The molecule has 0 radical (unpaired) electrons. The number of aliphatic imine (C=N–C) groups is 1. The monoisotopic (exact) mass is 396 g/mol. The standard InChI is InChI=1S/C22H24N2O3S/c1-15(2)14-24-21(25)19(28-22(24)23-17-10-6-5-7-11-17)13-16-9-8-12-18(26-3)20(16)27-4/h5-13,15H,14H2,1-4H3. The third-order valence-corrected chi connectivity index (χ3v) is 5.14. The fraction of sp³-hybridized carbons (Fsp3) is 0.273. The molecule has 2 aromatic carbocycles. The van der Waals surface area contributed by atoms with Crippen molar-refractivity contribution >= 4 is 34.6 Å². The van der Waals surface area contributed by atoms with Crippen LogP contribution in [0, 0.1) is 5.92 Å². The zero-order valence-electron chi connectivity index (χ0n) is 16.5. The summed E-state index contributed by atoms with van der Waals surface area (Å²) in [7, 11) is 3.19. The molecule has 5 nitrogen and oxygen atoms in total. The summed E-state index contributed by atoms with van der Waals surface area (Å²) in [6, 6.07) is 15.3. The molecule has 0 unspecified atom stereocenters.